The summed E-state index contributed by atoms with van der Waals surface area (Å²) in [7, 11) is 0. The summed E-state index contributed by atoms with van der Waals surface area (Å²) in [5.41, 5.74) is 0.501. The Bertz CT molecular complexity index is 688. The predicted molar refractivity (Wildman–Crippen MR) is 78.6 cm³/mol. The minimum absolute atomic E-state index is 0.107. The summed E-state index contributed by atoms with van der Waals surface area (Å²) in [6.45, 7) is 6.07. The molecule has 0 bridgehead atoms. The van der Waals surface area contributed by atoms with Crippen molar-refractivity contribution >= 4 is 39.7 Å². The first-order chi connectivity index (χ1) is 8.88. The van der Waals surface area contributed by atoms with Gasteiger partial charge in [0.05, 0.1) is 6.04 Å². The Kier molecular flexibility index (Phi) is 4.02. The second kappa shape index (κ2) is 5.40. The van der Waals surface area contributed by atoms with Crippen LogP contribution in [0.25, 0.3) is 10.3 Å². The molecule has 0 amide bonds. The molecular formula is C11H16N4O2S2. The summed E-state index contributed by atoms with van der Waals surface area (Å²) in [5.74, 6) is 0.776. The van der Waals surface area contributed by atoms with Crippen LogP contribution in [0.4, 0.5) is 5.82 Å². The molecule has 2 rings (SSSR count). The van der Waals surface area contributed by atoms with Gasteiger partial charge in [-0.3, -0.25) is 15.0 Å². The third kappa shape index (κ3) is 3.02. The summed E-state index contributed by atoms with van der Waals surface area (Å²) in [5, 5.41) is 11.4. The lowest BCUT2D eigenvalue weighted by molar-refractivity contribution is 0.207. The number of thiazole rings is 1. The molecule has 0 radical (unpaired) electrons. The van der Waals surface area contributed by atoms with Crippen LogP contribution in [0.15, 0.2) is 4.79 Å². The first-order valence-electron chi connectivity index (χ1n) is 5.99. The second-order valence-electron chi connectivity index (χ2n) is 4.91. The fourth-order valence-corrected chi connectivity index (χ4v) is 2.96. The molecule has 8 heteroatoms. The molecule has 0 aromatic carbocycles. The summed E-state index contributed by atoms with van der Waals surface area (Å²) >= 11 is 6.01. The van der Waals surface area contributed by atoms with Crippen LogP contribution >= 0.6 is 23.6 Å². The number of aromatic amines is 2. The number of hydrogen-bond acceptors (Lipinski definition) is 6. The van der Waals surface area contributed by atoms with Gasteiger partial charge in [-0.15, -0.1) is 0 Å². The Balaban J connectivity index is 2.49. The van der Waals surface area contributed by atoms with E-state index < -0.39 is 0 Å². The maximum Gasteiger partial charge on any atom is 0.306 e. The lowest BCUT2D eigenvalue weighted by Gasteiger charge is -2.24. The van der Waals surface area contributed by atoms with E-state index in [-0.39, 0.29) is 15.7 Å². The van der Waals surface area contributed by atoms with E-state index in [0.717, 1.165) is 22.8 Å². The van der Waals surface area contributed by atoms with E-state index in [4.69, 9.17) is 12.2 Å². The largest absolute Gasteiger partial charge is 0.316 e. The van der Waals surface area contributed by atoms with E-state index in [0.29, 0.717) is 22.1 Å². The number of fused-ring (bicyclic) bond motifs is 1. The molecule has 0 fully saturated rings. The highest BCUT2D eigenvalue weighted by molar-refractivity contribution is 7.71. The van der Waals surface area contributed by atoms with Crippen molar-refractivity contribution in [2.75, 3.05) is 5.06 Å². The van der Waals surface area contributed by atoms with Crippen LogP contribution in [0.1, 0.15) is 27.2 Å². The number of H-pyrrole nitrogens is 2. The first-order valence-corrected chi connectivity index (χ1v) is 7.22. The van der Waals surface area contributed by atoms with Gasteiger partial charge in [0, 0.05) is 0 Å². The highest BCUT2D eigenvalue weighted by Gasteiger charge is 2.19. The standard InChI is InChI=1S/C11H16N4O2S2/c1-5(2)4-6(3)15(17)9-7-8(12-10(18)14-9)13-11(16)19-7/h5-6,17H,4H2,1-3H3,(H2,12,13,14,16,18)/t6-/m1/s1. The van der Waals surface area contributed by atoms with Gasteiger partial charge >= 0.3 is 4.87 Å². The fourth-order valence-electron chi connectivity index (χ4n) is 2.00. The Labute approximate surface area is 119 Å². The van der Waals surface area contributed by atoms with E-state index in [1.165, 1.54) is 0 Å². The molecule has 104 valence electrons. The molecule has 0 unspecified atom stereocenters. The van der Waals surface area contributed by atoms with Crippen molar-refractivity contribution in [2.24, 2.45) is 5.92 Å². The van der Waals surface area contributed by atoms with Crippen molar-refractivity contribution in [3.8, 4) is 0 Å². The SMILES string of the molecule is CC(C)C[C@@H](C)N(O)c1nc(=S)[nH]c2[nH]c(=O)sc12. The molecule has 2 heterocycles. The van der Waals surface area contributed by atoms with Gasteiger partial charge in [0.25, 0.3) is 0 Å². The Morgan fingerprint density at radius 1 is 1.42 bits per heavy atom. The Hall–Kier alpha value is -1.25. The summed E-state index contributed by atoms with van der Waals surface area (Å²) in [6, 6.07) is -0.107. The number of hydrogen-bond donors (Lipinski definition) is 3. The fraction of sp³-hybridized carbons (Fsp3) is 0.545. The van der Waals surface area contributed by atoms with Crippen LogP contribution in [0.5, 0.6) is 0 Å². The van der Waals surface area contributed by atoms with Crippen molar-refractivity contribution in [1.29, 1.82) is 0 Å². The second-order valence-corrected chi connectivity index (χ2v) is 6.28. The molecule has 1 atom stereocenters. The molecule has 2 aromatic rings. The van der Waals surface area contributed by atoms with Gasteiger partial charge in [-0.2, -0.15) is 4.98 Å². The quantitative estimate of drug-likeness (QED) is 0.597. The number of nitrogens with zero attached hydrogens (tertiary/aromatic N) is 2. The van der Waals surface area contributed by atoms with Crippen LogP contribution in [0.3, 0.4) is 0 Å². The Morgan fingerprint density at radius 2 is 2.11 bits per heavy atom. The highest BCUT2D eigenvalue weighted by Crippen LogP contribution is 2.26. The number of hydroxylamine groups is 1. The summed E-state index contributed by atoms with van der Waals surface area (Å²) < 4.78 is 0.809. The smallest absolute Gasteiger partial charge is 0.306 e. The highest BCUT2D eigenvalue weighted by atomic mass is 32.1. The average Bonchev–Trinajstić information content (AvgIpc) is 2.66. The molecular weight excluding hydrogens is 284 g/mol. The molecule has 0 aliphatic rings. The van der Waals surface area contributed by atoms with E-state index in [9.17, 15) is 10.0 Å². The normalized spacial score (nSPS) is 13.1. The van der Waals surface area contributed by atoms with Crippen LogP contribution < -0.4 is 9.94 Å². The van der Waals surface area contributed by atoms with Gasteiger partial charge in [0.15, 0.2) is 10.6 Å². The minimum Gasteiger partial charge on any atom is -0.316 e. The van der Waals surface area contributed by atoms with Gasteiger partial charge in [0.1, 0.15) is 10.3 Å². The van der Waals surface area contributed by atoms with Gasteiger partial charge in [0.2, 0.25) is 0 Å². The van der Waals surface area contributed by atoms with Crippen LogP contribution in [-0.4, -0.2) is 26.2 Å². The molecule has 0 saturated heterocycles. The zero-order valence-electron chi connectivity index (χ0n) is 10.9. The van der Waals surface area contributed by atoms with Gasteiger partial charge in [-0.05, 0) is 31.5 Å². The van der Waals surface area contributed by atoms with Crippen molar-refractivity contribution in [2.45, 2.75) is 33.2 Å². The maximum atomic E-state index is 11.4. The summed E-state index contributed by atoms with van der Waals surface area (Å²) in [4.78, 5) is 20.8. The predicted octanol–water partition coefficient (Wildman–Crippen LogP) is 2.67. The molecule has 0 saturated carbocycles. The summed E-state index contributed by atoms with van der Waals surface area (Å²) in [6.07, 6.45) is 0.810. The third-order valence-corrected chi connectivity index (χ3v) is 3.81. The van der Waals surface area contributed by atoms with Gasteiger partial charge in [-0.25, -0.2) is 5.06 Å². The number of aromatic nitrogens is 3. The molecule has 0 aliphatic heterocycles. The van der Waals surface area contributed by atoms with Gasteiger partial charge < -0.3 is 4.98 Å². The van der Waals surface area contributed by atoms with Crippen LogP contribution in [0.2, 0.25) is 0 Å². The van der Waals surface area contributed by atoms with E-state index in [1.807, 2.05) is 6.92 Å². The van der Waals surface area contributed by atoms with Crippen molar-refractivity contribution in [3.63, 3.8) is 0 Å². The lowest BCUT2D eigenvalue weighted by Crippen LogP contribution is -2.31. The number of anilines is 1. The minimum atomic E-state index is -0.209. The third-order valence-electron chi connectivity index (χ3n) is 2.74. The topological polar surface area (TPSA) is 85.0 Å². The molecule has 2 aromatic heterocycles. The van der Waals surface area contributed by atoms with Crippen molar-refractivity contribution in [3.05, 3.63) is 14.4 Å². The molecule has 0 aliphatic carbocycles. The monoisotopic (exact) mass is 300 g/mol. The number of rotatable bonds is 4. The number of nitrogens with one attached hydrogen (secondary N) is 2. The average molecular weight is 300 g/mol. The zero-order chi connectivity index (χ0) is 14.2. The Morgan fingerprint density at radius 3 is 2.74 bits per heavy atom. The lowest BCUT2D eigenvalue weighted by atomic mass is 10.1. The first kappa shape index (κ1) is 14.2. The van der Waals surface area contributed by atoms with Crippen molar-refractivity contribution < 1.29 is 5.21 Å². The molecule has 19 heavy (non-hydrogen) atoms. The molecule has 6 nitrogen and oxygen atoms in total. The van der Waals surface area contributed by atoms with E-state index in [2.05, 4.69) is 28.8 Å². The molecule has 3 N–H and O–H groups in total. The maximum absolute atomic E-state index is 11.4. The van der Waals surface area contributed by atoms with Crippen molar-refractivity contribution in [1.82, 2.24) is 15.0 Å². The van der Waals surface area contributed by atoms with Crippen LogP contribution in [0, 0.1) is 10.7 Å². The van der Waals surface area contributed by atoms with E-state index in [1.54, 1.807) is 0 Å². The van der Waals surface area contributed by atoms with Crippen LogP contribution in [-0.2, 0) is 0 Å². The zero-order valence-corrected chi connectivity index (χ0v) is 12.6. The molecule has 0 spiro atoms. The van der Waals surface area contributed by atoms with Gasteiger partial charge in [-0.1, -0.05) is 25.2 Å². The van der Waals surface area contributed by atoms with E-state index >= 15 is 0 Å².